The molecule has 0 saturated carbocycles. The summed E-state index contributed by atoms with van der Waals surface area (Å²) in [5, 5.41) is 16.0. The molecule has 0 aliphatic carbocycles. The van der Waals surface area contributed by atoms with Gasteiger partial charge in [0.05, 0.1) is 17.7 Å². The number of fused-ring (bicyclic) bond motifs is 1. The number of carbonyl (C=O) groups excluding carboxylic acids is 2. The second-order valence-electron chi connectivity index (χ2n) is 6.67. The first-order valence-corrected chi connectivity index (χ1v) is 9.98. The zero-order valence-electron chi connectivity index (χ0n) is 17.0. The molecule has 31 heavy (non-hydrogen) atoms. The fourth-order valence-corrected chi connectivity index (χ4v) is 3.91. The number of carbonyl (C=O) groups is 2. The first-order chi connectivity index (χ1) is 14.5. The van der Waals surface area contributed by atoms with Crippen LogP contribution in [0.4, 0.5) is 5.69 Å². The van der Waals surface area contributed by atoms with Crippen molar-refractivity contribution < 1.29 is 49.0 Å². The van der Waals surface area contributed by atoms with Crippen LogP contribution in [-0.2, 0) is 16.0 Å². The second-order valence-corrected chi connectivity index (χ2v) is 7.70. The van der Waals surface area contributed by atoms with Crippen molar-refractivity contribution in [3.8, 4) is 5.75 Å². The van der Waals surface area contributed by atoms with Crippen molar-refractivity contribution in [2.75, 3.05) is 7.11 Å². The van der Waals surface area contributed by atoms with E-state index in [1.807, 2.05) is 42.5 Å². The van der Waals surface area contributed by atoms with Gasteiger partial charge < -0.3 is 20.0 Å². The van der Waals surface area contributed by atoms with Gasteiger partial charge in [0.15, 0.2) is 5.17 Å². The minimum atomic E-state index is -1.13. The van der Waals surface area contributed by atoms with Crippen LogP contribution in [0.25, 0.3) is 16.8 Å². The number of methoxy groups -OCH3 is 1. The summed E-state index contributed by atoms with van der Waals surface area (Å²) in [6, 6.07) is 18.6. The van der Waals surface area contributed by atoms with E-state index in [1.54, 1.807) is 31.4 Å². The average molecular weight is 440 g/mol. The van der Waals surface area contributed by atoms with E-state index in [4.69, 9.17) is 4.74 Å². The molecular weight excluding hydrogens is 423 g/mol. The van der Waals surface area contributed by atoms with Gasteiger partial charge in [-0.05, 0) is 70.1 Å². The molecule has 8 heteroatoms. The predicted molar refractivity (Wildman–Crippen MR) is 116 cm³/mol. The molecule has 1 heterocycles. The van der Waals surface area contributed by atoms with Crippen LogP contribution in [0.3, 0.4) is 0 Å². The fourth-order valence-electron chi connectivity index (χ4n) is 3.06. The molecule has 0 bridgehead atoms. The van der Waals surface area contributed by atoms with Gasteiger partial charge in [0.25, 0.3) is 5.91 Å². The summed E-state index contributed by atoms with van der Waals surface area (Å²) in [4.78, 5) is 28.0. The summed E-state index contributed by atoms with van der Waals surface area (Å²) in [6.07, 6.45) is 1.68. The first kappa shape index (κ1) is 23.1. The number of hydrogen-bond donors (Lipinski definition) is 1. The van der Waals surface area contributed by atoms with Crippen molar-refractivity contribution in [1.29, 1.82) is 0 Å². The third-order valence-electron chi connectivity index (χ3n) is 4.54. The normalized spacial score (nSPS) is 15.7. The molecular formula is C23H17N2NaO4S. The van der Waals surface area contributed by atoms with Crippen LogP contribution in [0, 0.1) is 0 Å². The van der Waals surface area contributed by atoms with E-state index in [0.717, 1.165) is 22.1 Å². The van der Waals surface area contributed by atoms with Gasteiger partial charge in [-0.3, -0.25) is 4.79 Å². The van der Waals surface area contributed by atoms with Crippen molar-refractivity contribution in [2.24, 2.45) is 4.99 Å². The van der Waals surface area contributed by atoms with Gasteiger partial charge in [-0.15, -0.1) is 0 Å². The third kappa shape index (κ3) is 5.77. The molecule has 0 radical (unpaired) electrons. The van der Waals surface area contributed by atoms with E-state index in [1.165, 1.54) is 11.8 Å². The second kappa shape index (κ2) is 10.2. The number of benzene rings is 3. The number of rotatable bonds is 5. The monoisotopic (exact) mass is 440 g/mol. The maximum absolute atomic E-state index is 12.3. The number of amidine groups is 1. The Morgan fingerprint density at radius 3 is 2.52 bits per heavy atom. The van der Waals surface area contributed by atoms with Crippen LogP contribution in [0.15, 0.2) is 70.6 Å². The zero-order chi connectivity index (χ0) is 21.1. The Bertz CT molecular complexity index is 1210. The fraction of sp³-hybridized carbons (Fsp3) is 0.0870. The van der Waals surface area contributed by atoms with E-state index in [9.17, 15) is 14.7 Å². The number of aliphatic imine (C=N–C) groups is 1. The number of hydrogen-bond acceptors (Lipinski definition) is 6. The molecule has 1 N–H and O–H groups in total. The van der Waals surface area contributed by atoms with Crippen LogP contribution < -0.4 is 44.7 Å². The summed E-state index contributed by atoms with van der Waals surface area (Å²) in [6.45, 7) is 0. The summed E-state index contributed by atoms with van der Waals surface area (Å²) in [5.74, 6) is -0.537. The standard InChI is InChI=1S/C23H18N2O4S.Na/c1-29-19-9-6-16-10-15(2-5-17(16)13-19)11-20-22(28)25-23(30-20)24-18-7-3-14(4-8-18)12-21(26)27;/h2-11,13H,12H2,1H3,(H,26,27)(H,24,25,28);/q;+1/p-1. The van der Waals surface area contributed by atoms with E-state index in [0.29, 0.717) is 21.3 Å². The molecule has 1 saturated heterocycles. The van der Waals surface area contributed by atoms with Crippen molar-refractivity contribution in [3.05, 3.63) is 76.7 Å². The van der Waals surface area contributed by atoms with Crippen molar-refractivity contribution >= 4 is 51.3 Å². The van der Waals surface area contributed by atoms with Crippen LogP contribution in [0.5, 0.6) is 5.75 Å². The third-order valence-corrected chi connectivity index (χ3v) is 5.45. The Balaban J connectivity index is 0.00000272. The minimum absolute atomic E-state index is 0. The molecule has 1 aliphatic rings. The minimum Gasteiger partial charge on any atom is -0.550 e. The number of amides is 1. The molecule has 0 unspecified atom stereocenters. The van der Waals surface area contributed by atoms with Crippen LogP contribution in [0.1, 0.15) is 11.1 Å². The van der Waals surface area contributed by atoms with Crippen LogP contribution in [0.2, 0.25) is 0 Å². The molecule has 4 rings (SSSR count). The summed E-state index contributed by atoms with van der Waals surface area (Å²) in [7, 11) is 1.64. The molecule has 6 nitrogen and oxygen atoms in total. The van der Waals surface area contributed by atoms with Crippen molar-refractivity contribution in [2.45, 2.75) is 6.42 Å². The molecule has 0 atom stereocenters. The summed E-state index contributed by atoms with van der Waals surface area (Å²) < 4.78 is 5.25. The summed E-state index contributed by atoms with van der Waals surface area (Å²) in [5.41, 5.74) is 2.18. The molecule has 0 aromatic heterocycles. The molecule has 1 amide bonds. The van der Waals surface area contributed by atoms with Gasteiger partial charge in [-0.25, -0.2) is 4.99 Å². The van der Waals surface area contributed by atoms with Crippen molar-refractivity contribution in [3.63, 3.8) is 0 Å². The number of aliphatic carboxylic acids is 1. The maximum atomic E-state index is 12.3. The van der Waals surface area contributed by atoms with Crippen LogP contribution in [-0.4, -0.2) is 24.2 Å². The van der Waals surface area contributed by atoms with Gasteiger partial charge in [-0.1, -0.05) is 30.3 Å². The summed E-state index contributed by atoms with van der Waals surface area (Å²) >= 11 is 1.26. The quantitative estimate of drug-likeness (QED) is 0.447. The number of carboxylic acids is 1. The molecule has 0 spiro atoms. The largest absolute Gasteiger partial charge is 1.00 e. The Labute approximate surface area is 205 Å². The Morgan fingerprint density at radius 2 is 1.81 bits per heavy atom. The number of ether oxygens (including phenoxy) is 1. The number of thioether (sulfide) groups is 1. The smallest absolute Gasteiger partial charge is 0.550 e. The Morgan fingerprint density at radius 1 is 1.10 bits per heavy atom. The van der Waals surface area contributed by atoms with Crippen molar-refractivity contribution in [1.82, 2.24) is 5.32 Å². The van der Waals surface area contributed by atoms with Gasteiger partial charge in [-0.2, -0.15) is 0 Å². The first-order valence-electron chi connectivity index (χ1n) is 9.16. The van der Waals surface area contributed by atoms with Gasteiger partial charge in [0.2, 0.25) is 0 Å². The van der Waals surface area contributed by atoms with E-state index in [-0.39, 0.29) is 41.9 Å². The Hall–Kier alpha value is -2.58. The molecule has 1 fully saturated rings. The SMILES string of the molecule is COc1ccc2cc(C=C3SC(=Nc4ccc(CC(=O)[O-])cc4)NC3=O)ccc2c1.[Na+]. The molecule has 3 aromatic carbocycles. The van der Waals surface area contributed by atoms with Gasteiger partial charge >= 0.3 is 29.6 Å². The van der Waals surface area contributed by atoms with Gasteiger partial charge in [0, 0.05) is 12.4 Å². The predicted octanol–water partition coefficient (Wildman–Crippen LogP) is 0.0364. The van der Waals surface area contributed by atoms with E-state index in [2.05, 4.69) is 10.3 Å². The molecule has 1 aliphatic heterocycles. The number of carboxylic acid groups (broad SMARTS) is 1. The Kier molecular flexibility index (Phi) is 7.56. The number of nitrogens with zero attached hydrogens (tertiary/aromatic N) is 1. The van der Waals surface area contributed by atoms with E-state index >= 15 is 0 Å². The zero-order valence-corrected chi connectivity index (χ0v) is 19.9. The maximum Gasteiger partial charge on any atom is 1.00 e. The van der Waals surface area contributed by atoms with E-state index < -0.39 is 5.97 Å². The van der Waals surface area contributed by atoms with Gasteiger partial charge in [0.1, 0.15) is 5.75 Å². The van der Waals surface area contributed by atoms with Crippen LogP contribution >= 0.6 is 11.8 Å². The number of nitrogens with one attached hydrogen (secondary N) is 1. The molecule has 150 valence electrons. The topological polar surface area (TPSA) is 90.8 Å². The molecule has 3 aromatic rings. The average Bonchev–Trinajstić information content (AvgIpc) is 3.07.